The molecule has 0 radical (unpaired) electrons. The highest BCUT2D eigenvalue weighted by atomic mass is 35.5. The third-order valence-corrected chi connectivity index (χ3v) is 23.6. The number of amides is 3. The number of rotatable bonds is 12. The van der Waals surface area contributed by atoms with Gasteiger partial charge in [0.15, 0.2) is 0 Å². The van der Waals surface area contributed by atoms with Crippen LogP contribution in [0.1, 0.15) is 59.8 Å². The zero-order valence-corrected chi connectivity index (χ0v) is 56.4. The predicted octanol–water partition coefficient (Wildman–Crippen LogP) is 8.30. The Bertz CT molecular complexity index is 4190. The van der Waals surface area contributed by atoms with Crippen LogP contribution >= 0.6 is 68.8 Å². The lowest BCUT2D eigenvalue weighted by Gasteiger charge is -2.35. The molecular weight excluding hydrogens is 1410 g/mol. The van der Waals surface area contributed by atoms with Crippen molar-refractivity contribution in [3.63, 3.8) is 0 Å². The number of hydrogen-bond acceptors (Lipinski definition) is 18. The SMILES string of the molecule is C.CN1C(C(=O)Nc2ccc(F)c(Cl)c2)CC(c2ncc(-c3cn(C)cn3)s2)NS1(=O)=O.CN1[C@@H](C(=O)Nc2ccc(F)c(Cl)c2)C[C@@H](c2ncc(-c3cn(C)cn3)s2)NS1(=O)=O.CN1[C@H](C(=O)Nc2ccc(F)c(Cl)c2)C[C@H](c2ncc(-c3cn(C)cn3)s2)NS1(=O)=O. The van der Waals surface area contributed by atoms with Gasteiger partial charge in [0.25, 0.3) is 30.6 Å². The Kier molecular flexibility index (Phi) is 22.0. The van der Waals surface area contributed by atoms with Crippen LogP contribution in [0, 0.1) is 17.5 Å². The van der Waals surface area contributed by atoms with E-state index in [-0.39, 0.29) is 58.8 Å². The number of benzene rings is 3. The van der Waals surface area contributed by atoms with Crippen LogP contribution in [-0.4, -0.2) is 139 Å². The Morgan fingerprint density at radius 3 is 0.936 bits per heavy atom. The van der Waals surface area contributed by atoms with Crippen molar-refractivity contribution >= 4 is 134 Å². The smallest absolute Gasteiger partial charge is 0.280 e. The maximum absolute atomic E-state index is 13.4. The fraction of sp³-hybridized carbons (Fsp3) is 0.291. The summed E-state index contributed by atoms with van der Waals surface area (Å²) in [5.41, 5.74) is 2.98. The van der Waals surface area contributed by atoms with Crippen LogP contribution in [0.4, 0.5) is 30.2 Å². The molecule has 3 aromatic carbocycles. The summed E-state index contributed by atoms with van der Waals surface area (Å²) in [7, 11) is -2.28. The topological polar surface area (TPSA) is 328 Å². The molecule has 0 bridgehead atoms. The second-order valence-electron chi connectivity index (χ2n) is 21.1. The van der Waals surface area contributed by atoms with Gasteiger partial charge in [-0.05, 0) is 73.9 Å². The second-order valence-corrected chi connectivity index (χ2v) is 30.8. The molecule has 3 amide bonds. The number of nitrogens with one attached hydrogen (secondary N) is 6. The molecule has 12 rings (SSSR count). The summed E-state index contributed by atoms with van der Waals surface area (Å²) < 4.78 is 132. The summed E-state index contributed by atoms with van der Waals surface area (Å²) in [6.45, 7) is 0. The first-order valence-corrected chi connectivity index (χ1v) is 35.2. The number of carbonyl (C=O) groups is 3. The van der Waals surface area contributed by atoms with E-state index in [9.17, 15) is 52.8 Å². The number of halogens is 6. The van der Waals surface area contributed by atoms with Crippen LogP contribution < -0.4 is 30.1 Å². The minimum absolute atomic E-state index is 0. The van der Waals surface area contributed by atoms with Crippen LogP contribution in [0.3, 0.4) is 0 Å². The van der Waals surface area contributed by atoms with Crippen LogP contribution in [-0.2, 0) is 66.2 Å². The van der Waals surface area contributed by atoms with E-state index >= 15 is 0 Å². The van der Waals surface area contributed by atoms with E-state index in [1.165, 1.54) is 91.6 Å². The molecule has 3 fully saturated rings. The molecule has 0 aliphatic carbocycles. The molecular formula is C55H58Cl3F3N18O9S6. The number of carbonyl (C=O) groups excluding carboxylic acids is 3. The van der Waals surface area contributed by atoms with Gasteiger partial charge in [0.2, 0.25) is 17.7 Å². The number of hydrogen-bond donors (Lipinski definition) is 6. The third-order valence-electron chi connectivity index (χ3n) is 14.5. The van der Waals surface area contributed by atoms with Gasteiger partial charge < -0.3 is 29.7 Å². The van der Waals surface area contributed by atoms with Crippen molar-refractivity contribution in [3.8, 4) is 31.7 Å². The van der Waals surface area contributed by atoms with Gasteiger partial charge in [0, 0.05) is 96.5 Å². The minimum Gasteiger partial charge on any atom is -0.340 e. The molecule has 39 heteroatoms. The highest BCUT2D eigenvalue weighted by Gasteiger charge is 2.45. The second kappa shape index (κ2) is 29.1. The highest BCUT2D eigenvalue weighted by molar-refractivity contribution is 7.87. The quantitative estimate of drug-likeness (QED) is 0.0670. The van der Waals surface area contributed by atoms with Gasteiger partial charge in [-0.1, -0.05) is 42.2 Å². The molecule has 9 heterocycles. The fourth-order valence-electron chi connectivity index (χ4n) is 9.54. The number of thiazole rings is 3. The standard InChI is InChI=1S/3C18H18ClFN6O3S2.CH4/c3*1-25-8-14(22-9-25)16-7-21-18(30-16)13-6-15(26(2)31(28,29)24-13)17(27)23-10-3-4-12(20)11(19)5-10;/h3*3-5,7-9,13,15,24H,6H2,1-2H3,(H,23,27);1H4/t2*13-,15+;;/m10../s1. The lowest BCUT2D eigenvalue weighted by atomic mass is 10.1. The molecule has 6 atom stereocenters. The molecule has 3 aliphatic rings. The lowest BCUT2D eigenvalue weighted by Crippen LogP contribution is -2.55. The molecule has 500 valence electrons. The van der Waals surface area contributed by atoms with E-state index in [0.29, 0.717) is 15.0 Å². The van der Waals surface area contributed by atoms with Crippen LogP contribution in [0.25, 0.3) is 31.7 Å². The van der Waals surface area contributed by atoms with Gasteiger partial charge in [-0.15, -0.1) is 34.0 Å². The molecule has 2 unspecified atom stereocenters. The Labute approximate surface area is 564 Å². The number of aryl methyl sites for hydroxylation is 3. The average molecular weight is 1470 g/mol. The predicted molar refractivity (Wildman–Crippen MR) is 353 cm³/mol. The monoisotopic (exact) mass is 1470 g/mol. The molecule has 94 heavy (non-hydrogen) atoms. The van der Waals surface area contributed by atoms with Gasteiger partial charge in [-0.3, -0.25) is 14.4 Å². The maximum Gasteiger partial charge on any atom is 0.280 e. The number of likely N-dealkylation sites (N-methyl/N-ethyl adjacent to an activating group) is 3. The number of anilines is 3. The molecule has 3 saturated heterocycles. The lowest BCUT2D eigenvalue weighted by molar-refractivity contribution is -0.120. The van der Waals surface area contributed by atoms with Crippen LogP contribution in [0.15, 0.2) is 111 Å². The van der Waals surface area contributed by atoms with Gasteiger partial charge in [0.05, 0.1) is 83.9 Å². The number of nitrogens with zero attached hydrogens (tertiary/aromatic N) is 12. The van der Waals surface area contributed by atoms with E-state index < -0.39 is 102 Å². The summed E-state index contributed by atoms with van der Waals surface area (Å²) in [6.07, 6.45) is 15.8. The van der Waals surface area contributed by atoms with E-state index in [1.54, 1.807) is 51.3 Å². The molecule has 6 aromatic heterocycles. The number of aromatic nitrogens is 9. The van der Waals surface area contributed by atoms with Gasteiger partial charge in [-0.25, -0.2) is 43.1 Å². The first-order valence-electron chi connectivity index (χ1n) is 27.3. The highest BCUT2D eigenvalue weighted by Crippen LogP contribution is 2.38. The zero-order chi connectivity index (χ0) is 67.0. The molecule has 6 N–H and O–H groups in total. The minimum atomic E-state index is -3.93. The Balaban J connectivity index is 0.000000165. The van der Waals surface area contributed by atoms with Crippen molar-refractivity contribution in [2.75, 3.05) is 37.1 Å². The first-order chi connectivity index (χ1) is 43.9. The average Bonchev–Trinajstić information content (AvgIpc) is 1.29. The normalized spacial score (nSPS) is 20.9. The molecule has 27 nitrogen and oxygen atoms in total. The van der Waals surface area contributed by atoms with E-state index in [1.807, 2.05) is 39.7 Å². The fourth-order valence-corrected chi connectivity index (χ4v) is 16.9. The summed E-state index contributed by atoms with van der Waals surface area (Å²) in [6, 6.07) is 6.18. The summed E-state index contributed by atoms with van der Waals surface area (Å²) >= 11 is 21.2. The largest absolute Gasteiger partial charge is 0.340 e. The molecule has 0 spiro atoms. The maximum atomic E-state index is 13.4. The molecule has 0 saturated carbocycles. The van der Waals surface area contributed by atoms with Gasteiger partial charge >= 0.3 is 0 Å². The van der Waals surface area contributed by atoms with Crippen molar-refractivity contribution in [1.29, 1.82) is 0 Å². The summed E-state index contributed by atoms with van der Waals surface area (Å²) in [5.74, 6) is -3.51. The summed E-state index contributed by atoms with van der Waals surface area (Å²) in [4.78, 5) is 66.8. The van der Waals surface area contributed by atoms with Gasteiger partial charge in [0.1, 0.15) is 50.6 Å². The summed E-state index contributed by atoms with van der Waals surface area (Å²) in [5, 5.41) is 8.94. The Morgan fingerprint density at radius 2 is 0.713 bits per heavy atom. The third kappa shape index (κ3) is 16.4. The number of imidazole rings is 3. The molecule has 9 aromatic rings. The zero-order valence-electron chi connectivity index (χ0n) is 49.2. The van der Waals surface area contributed by atoms with Crippen molar-refractivity contribution in [2.24, 2.45) is 21.1 Å². The van der Waals surface area contributed by atoms with Crippen molar-refractivity contribution < 1.29 is 52.8 Å². The van der Waals surface area contributed by atoms with E-state index in [0.717, 1.165) is 62.8 Å². The van der Waals surface area contributed by atoms with Crippen molar-refractivity contribution in [3.05, 3.63) is 158 Å². The van der Waals surface area contributed by atoms with Crippen molar-refractivity contribution in [1.82, 2.24) is 70.7 Å². The van der Waals surface area contributed by atoms with Gasteiger partial charge in [-0.2, -0.15) is 52.3 Å². The van der Waals surface area contributed by atoms with Crippen LogP contribution in [0.2, 0.25) is 15.1 Å². The Hall–Kier alpha value is -7.14. The van der Waals surface area contributed by atoms with E-state index in [4.69, 9.17) is 34.8 Å². The first kappa shape index (κ1) is 71.2. The molecule has 3 aliphatic heterocycles. The Morgan fingerprint density at radius 1 is 0.457 bits per heavy atom. The van der Waals surface area contributed by atoms with Crippen LogP contribution in [0.5, 0.6) is 0 Å². The van der Waals surface area contributed by atoms with Crippen molar-refractivity contribution in [2.45, 2.75) is 62.9 Å². The van der Waals surface area contributed by atoms with E-state index in [2.05, 4.69) is 60.0 Å².